The Balaban J connectivity index is 2.03. The summed E-state index contributed by atoms with van der Waals surface area (Å²) in [6, 6.07) is 6.38. The number of nitrogens with zero attached hydrogens (tertiary/aromatic N) is 2. The second-order valence-electron chi connectivity index (χ2n) is 5.24. The van der Waals surface area contributed by atoms with Gasteiger partial charge >= 0.3 is 5.97 Å². The average Bonchev–Trinajstić information content (AvgIpc) is 2.50. The number of nitriles is 1. The van der Waals surface area contributed by atoms with Crippen molar-refractivity contribution < 1.29 is 13.9 Å². The van der Waals surface area contributed by atoms with Gasteiger partial charge in [0.15, 0.2) is 0 Å². The molecule has 0 aromatic heterocycles. The van der Waals surface area contributed by atoms with E-state index in [2.05, 4.69) is 0 Å². The summed E-state index contributed by atoms with van der Waals surface area (Å²) in [6.45, 7) is 3.99. The molecule has 112 valence electrons. The Morgan fingerprint density at radius 2 is 2.38 bits per heavy atom. The third-order valence-corrected chi connectivity index (χ3v) is 3.69. The van der Waals surface area contributed by atoms with Crippen LogP contribution < -0.4 is 0 Å². The maximum Gasteiger partial charge on any atom is 0.310 e. The van der Waals surface area contributed by atoms with E-state index in [-0.39, 0.29) is 17.7 Å². The Labute approximate surface area is 124 Å². The molecule has 0 aliphatic carbocycles. The van der Waals surface area contributed by atoms with Crippen molar-refractivity contribution in [2.45, 2.75) is 26.3 Å². The Morgan fingerprint density at radius 3 is 3.10 bits per heavy atom. The Hall–Kier alpha value is -1.93. The molecular formula is C16H19FN2O2. The second kappa shape index (κ2) is 7.19. The van der Waals surface area contributed by atoms with Gasteiger partial charge in [0.2, 0.25) is 0 Å². The summed E-state index contributed by atoms with van der Waals surface area (Å²) in [5.41, 5.74) is 0.948. The van der Waals surface area contributed by atoms with Crippen LogP contribution in [0.3, 0.4) is 0 Å². The molecule has 1 heterocycles. The summed E-state index contributed by atoms with van der Waals surface area (Å²) in [4.78, 5) is 13.8. The molecular weight excluding hydrogens is 271 g/mol. The number of carbonyl (C=O) groups is 1. The van der Waals surface area contributed by atoms with E-state index in [1.165, 1.54) is 12.1 Å². The summed E-state index contributed by atoms with van der Waals surface area (Å²) in [7, 11) is 0. The molecule has 0 spiro atoms. The normalized spacial score (nSPS) is 19.0. The number of halogens is 1. The van der Waals surface area contributed by atoms with Gasteiger partial charge in [-0.2, -0.15) is 5.26 Å². The van der Waals surface area contributed by atoms with E-state index in [1.807, 2.05) is 11.0 Å². The summed E-state index contributed by atoms with van der Waals surface area (Å²) < 4.78 is 18.9. The van der Waals surface area contributed by atoms with Crippen molar-refractivity contribution in [2.75, 3.05) is 19.7 Å². The third kappa shape index (κ3) is 4.02. The fraction of sp³-hybridized carbons (Fsp3) is 0.500. The Bertz CT molecular complexity index is 554. The highest BCUT2D eigenvalue weighted by Gasteiger charge is 2.27. The van der Waals surface area contributed by atoms with Crippen LogP contribution in [0.1, 0.15) is 30.9 Å². The predicted octanol–water partition coefficient (Wildman–Crippen LogP) is 2.47. The van der Waals surface area contributed by atoms with Gasteiger partial charge in [0, 0.05) is 18.7 Å². The first-order valence-electron chi connectivity index (χ1n) is 7.21. The molecule has 0 radical (unpaired) electrons. The predicted molar refractivity (Wildman–Crippen MR) is 75.7 cm³/mol. The molecule has 1 aromatic rings. The van der Waals surface area contributed by atoms with Crippen molar-refractivity contribution in [3.05, 3.63) is 35.1 Å². The zero-order valence-corrected chi connectivity index (χ0v) is 12.1. The topological polar surface area (TPSA) is 53.3 Å². The molecule has 1 aliphatic rings. The van der Waals surface area contributed by atoms with Gasteiger partial charge < -0.3 is 4.74 Å². The fourth-order valence-corrected chi connectivity index (χ4v) is 2.66. The van der Waals surface area contributed by atoms with Crippen molar-refractivity contribution in [1.82, 2.24) is 4.90 Å². The largest absolute Gasteiger partial charge is 0.466 e. The lowest BCUT2D eigenvalue weighted by molar-refractivity contribution is -0.150. The number of hydrogen-bond acceptors (Lipinski definition) is 4. The monoisotopic (exact) mass is 290 g/mol. The lowest BCUT2D eigenvalue weighted by Crippen LogP contribution is -2.39. The maximum atomic E-state index is 13.8. The highest BCUT2D eigenvalue weighted by molar-refractivity contribution is 5.72. The van der Waals surface area contributed by atoms with Crippen LogP contribution in [-0.4, -0.2) is 30.6 Å². The molecule has 1 atom stereocenters. The number of benzene rings is 1. The molecule has 1 aliphatic heterocycles. The van der Waals surface area contributed by atoms with Crippen LogP contribution in [-0.2, 0) is 16.1 Å². The molecule has 1 saturated heterocycles. The molecule has 0 unspecified atom stereocenters. The van der Waals surface area contributed by atoms with E-state index in [0.717, 1.165) is 19.4 Å². The highest BCUT2D eigenvalue weighted by Crippen LogP contribution is 2.21. The Morgan fingerprint density at radius 1 is 1.57 bits per heavy atom. The molecule has 1 aromatic carbocycles. The van der Waals surface area contributed by atoms with Crippen molar-refractivity contribution >= 4 is 5.97 Å². The van der Waals surface area contributed by atoms with Crippen LogP contribution in [0.5, 0.6) is 0 Å². The van der Waals surface area contributed by atoms with Crippen LogP contribution >= 0.6 is 0 Å². The molecule has 0 saturated carbocycles. The van der Waals surface area contributed by atoms with Crippen molar-refractivity contribution in [2.24, 2.45) is 5.92 Å². The van der Waals surface area contributed by atoms with E-state index < -0.39 is 0 Å². The fourth-order valence-electron chi connectivity index (χ4n) is 2.66. The van der Waals surface area contributed by atoms with E-state index in [0.29, 0.717) is 30.8 Å². The van der Waals surface area contributed by atoms with E-state index in [9.17, 15) is 9.18 Å². The first-order valence-corrected chi connectivity index (χ1v) is 7.21. The van der Waals surface area contributed by atoms with Crippen molar-refractivity contribution in [3.63, 3.8) is 0 Å². The molecule has 1 fully saturated rings. The number of likely N-dealkylation sites (tertiary alicyclic amines) is 1. The van der Waals surface area contributed by atoms with E-state index in [4.69, 9.17) is 10.00 Å². The van der Waals surface area contributed by atoms with Gasteiger partial charge in [0.25, 0.3) is 0 Å². The number of carbonyl (C=O) groups excluding carboxylic acids is 1. The van der Waals surface area contributed by atoms with Crippen LogP contribution in [0, 0.1) is 23.1 Å². The van der Waals surface area contributed by atoms with Gasteiger partial charge in [-0.3, -0.25) is 9.69 Å². The van der Waals surface area contributed by atoms with Crippen molar-refractivity contribution in [3.8, 4) is 6.07 Å². The molecule has 0 bridgehead atoms. The summed E-state index contributed by atoms with van der Waals surface area (Å²) >= 11 is 0. The standard InChI is InChI=1S/C16H19FN2O2/c1-2-21-16(20)13-4-3-7-19(10-13)11-14-8-12(9-18)5-6-15(14)17/h5-6,8,13H,2-4,7,10-11H2,1H3/t13-/m1/s1. The van der Waals surface area contributed by atoms with Crippen LogP contribution in [0.2, 0.25) is 0 Å². The molecule has 4 nitrogen and oxygen atoms in total. The molecule has 0 N–H and O–H groups in total. The zero-order chi connectivity index (χ0) is 15.2. The molecule has 0 amide bonds. The summed E-state index contributed by atoms with van der Waals surface area (Å²) in [5, 5.41) is 8.89. The van der Waals surface area contributed by atoms with Crippen molar-refractivity contribution in [1.29, 1.82) is 5.26 Å². The van der Waals surface area contributed by atoms with Gasteiger partial charge in [-0.1, -0.05) is 0 Å². The average molecular weight is 290 g/mol. The zero-order valence-electron chi connectivity index (χ0n) is 12.1. The first-order chi connectivity index (χ1) is 10.1. The smallest absolute Gasteiger partial charge is 0.310 e. The van der Waals surface area contributed by atoms with E-state index in [1.54, 1.807) is 13.0 Å². The number of ether oxygens (including phenoxy) is 1. The van der Waals surface area contributed by atoms with Crippen LogP contribution in [0.25, 0.3) is 0 Å². The molecule has 21 heavy (non-hydrogen) atoms. The highest BCUT2D eigenvalue weighted by atomic mass is 19.1. The minimum atomic E-state index is -0.313. The number of hydrogen-bond donors (Lipinski definition) is 0. The molecule has 2 rings (SSSR count). The molecule has 5 heteroatoms. The van der Waals surface area contributed by atoms with E-state index >= 15 is 0 Å². The maximum absolute atomic E-state index is 13.8. The van der Waals surface area contributed by atoms with Crippen LogP contribution in [0.4, 0.5) is 4.39 Å². The van der Waals surface area contributed by atoms with Crippen LogP contribution in [0.15, 0.2) is 18.2 Å². The lowest BCUT2D eigenvalue weighted by Gasteiger charge is -2.31. The van der Waals surface area contributed by atoms with Gasteiger partial charge in [-0.05, 0) is 44.5 Å². The van der Waals surface area contributed by atoms with Gasteiger partial charge in [0.05, 0.1) is 24.2 Å². The minimum absolute atomic E-state index is 0.138. The quantitative estimate of drug-likeness (QED) is 0.799. The second-order valence-corrected chi connectivity index (χ2v) is 5.24. The Kier molecular flexibility index (Phi) is 5.29. The van der Waals surface area contributed by atoms with Gasteiger partial charge in [0.1, 0.15) is 5.82 Å². The number of esters is 1. The minimum Gasteiger partial charge on any atom is -0.466 e. The first kappa shape index (κ1) is 15.5. The summed E-state index contributed by atoms with van der Waals surface area (Å²) in [5.74, 6) is -0.624. The third-order valence-electron chi connectivity index (χ3n) is 3.69. The number of rotatable bonds is 4. The number of piperidine rings is 1. The van der Waals surface area contributed by atoms with Gasteiger partial charge in [-0.25, -0.2) is 4.39 Å². The summed E-state index contributed by atoms with van der Waals surface area (Å²) in [6.07, 6.45) is 1.71. The lowest BCUT2D eigenvalue weighted by atomic mass is 9.97. The SMILES string of the molecule is CCOC(=O)[C@@H]1CCCN(Cc2cc(C#N)ccc2F)C1. The van der Waals surface area contributed by atoms with Gasteiger partial charge in [-0.15, -0.1) is 0 Å².